The fourth-order valence-corrected chi connectivity index (χ4v) is 1.90. The maximum Gasteiger partial charge on any atom is 0.165 e. The van der Waals surface area contributed by atoms with Crippen LogP contribution in [0.15, 0.2) is 12.1 Å². The second-order valence-electron chi connectivity index (χ2n) is 3.10. The van der Waals surface area contributed by atoms with Crippen LogP contribution in [0, 0.1) is 0 Å². The number of carbonyl (C=O) groups excluding carboxylic acids is 1. The highest BCUT2D eigenvalue weighted by atomic mass is 35.5. The number of rotatable bonds is 5. The molecular formula is C11H12Cl2O3. The number of carbonyl (C=O) groups is 1. The van der Waals surface area contributed by atoms with E-state index in [1.807, 2.05) is 0 Å². The molecule has 0 saturated carbocycles. The summed E-state index contributed by atoms with van der Waals surface area (Å²) in [6.07, 6.45) is 0.355. The van der Waals surface area contributed by atoms with Gasteiger partial charge in [-0.1, -0.05) is 36.2 Å². The van der Waals surface area contributed by atoms with Gasteiger partial charge in [-0.3, -0.25) is 4.79 Å². The zero-order valence-electron chi connectivity index (χ0n) is 9.05. The van der Waals surface area contributed by atoms with Crippen LogP contribution in [0.4, 0.5) is 0 Å². The highest BCUT2D eigenvalue weighted by Gasteiger charge is 2.16. The maximum atomic E-state index is 11.6. The molecule has 88 valence electrons. The molecule has 0 aliphatic rings. The van der Waals surface area contributed by atoms with Crippen molar-refractivity contribution >= 4 is 29.0 Å². The second kappa shape index (κ2) is 6.21. The van der Waals surface area contributed by atoms with Gasteiger partial charge in [-0.25, -0.2) is 9.78 Å². The number of benzene rings is 1. The molecular weight excluding hydrogens is 251 g/mol. The molecule has 5 heteroatoms. The van der Waals surface area contributed by atoms with Gasteiger partial charge in [-0.15, -0.1) is 0 Å². The van der Waals surface area contributed by atoms with E-state index in [9.17, 15) is 4.79 Å². The van der Waals surface area contributed by atoms with Crippen molar-refractivity contribution in [3.05, 3.63) is 33.3 Å². The van der Waals surface area contributed by atoms with Crippen molar-refractivity contribution in [3.63, 3.8) is 0 Å². The van der Waals surface area contributed by atoms with Crippen molar-refractivity contribution in [2.75, 3.05) is 7.11 Å². The van der Waals surface area contributed by atoms with Gasteiger partial charge < -0.3 is 0 Å². The zero-order chi connectivity index (χ0) is 12.1. The molecule has 1 aromatic rings. The molecule has 0 radical (unpaired) electrons. The summed E-state index contributed by atoms with van der Waals surface area (Å²) >= 11 is 12.0. The average molecular weight is 263 g/mol. The second-order valence-corrected chi connectivity index (χ2v) is 3.89. The van der Waals surface area contributed by atoms with Crippen LogP contribution in [-0.2, 0) is 16.4 Å². The number of hydrogen-bond donors (Lipinski definition) is 0. The SMILES string of the molecule is CCC(=O)c1c(Cl)ccc(COOC)c1Cl. The molecule has 0 aromatic heterocycles. The molecule has 0 fully saturated rings. The molecule has 0 aliphatic heterocycles. The summed E-state index contributed by atoms with van der Waals surface area (Å²) in [5, 5.41) is 0.689. The molecule has 0 spiro atoms. The van der Waals surface area contributed by atoms with Gasteiger partial charge in [0.1, 0.15) is 6.61 Å². The van der Waals surface area contributed by atoms with Crippen molar-refractivity contribution in [2.24, 2.45) is 0 Å². The number of Topliss-reactive ketones (excluding diaryl/α,β-unsaturated/α-hetero) is 1. The predicted octanol–water partition coefficient (Wildman–Crippen LogP) is 3.66. The van der Waals surface area contributed by atoms with Gasteiger partial charge in [0.05, 0.1) is 22.7 Å². The van der Waals surface area contributed by atoms with Crippen LogP contribution in [0.1, 0.15) is 29.3 Å². The van der Waals surface area contributed by atoms with Gasteiger partial charge in [0.15, 0.2) is 5.78 Å². The molecule has 0 aliphatic carbocycles. The van der Waals surface area contributed by atoms with Crippen LogP contribution in [0.2, 0.25) is 10.0 Å². The van der Waals surface area contributed by atoms with E-state index in [2.05, 4.69) is 4.89 Å². The van der Waals surface area contributed by atoms with Gasteiger partial charge in [-0.2, -0.15) is 0 Å². The first-order chi connectivity index (χ1) is 7.61. The molecule has 1 rings (SSSR count). The largest absolute Gasteiger partial charge is 0.294 e. The van der Waals surface area contributed by atoms with Gasteiger partial charge in [0.25, 0.3) is 0 Å². The van der Waals surface area contributed by atoms with E-state index in [-0.39, 0.29) is 12.4 Å². The lowest BCUT2D eigenvalue weighted by molar-refractivity contribution is -0.282. The van der Waals surface area contributed by atoms with E-state index in [0.29, 0.717) is 27.6 Å². The molecule has 0 amide bonds. The van der Waals surface area contributed by atoms with E-state index in [0.717, 1.165) is 0 Å². The Morgan fingerprint density at radius 2 is 2.06 bits per heavy atom. The van der Waals surface area contributed by atoms with E-state index in [4.69, 9.17) is 28.1 Å². The van der Waals surface area contributed by atoms with E-state index in [1.54, 1.807) is 19.1 Å². The summed E-state index contributed by atoms with van der Waals surface area (Å²) in [6.45, 7) is 1.93. The highest BCUT2D eigenvalue weighted by Crippen LogP contribution is 2.29. The predicted molar refractivity (Wildman–Crippen MR) is 62.9 cm³/mol. The monoisotopic (exact) mass is 262 g/mol. The third-order valence-corrected chi connectivity index (χ3v) is 2.85. The maximum absolute atomic E-state index is 11.6. The number of ketones is 1. The normalized spacial score (nSPS) is 10.5. The van der Waals surface area contributed by atoms with Gasteiger partial charge >= 0.3 is 0 Å². The summed E-state index contributed by atoms with van der Waals surface area (Å²) in [5.74, 6) is -0.0886. The smallest absolute Gasteiger partial charge is 0.165 e. The molecule has 16 heavy (non-hydrogen) atoms. The third-order valence-electron chi connectivity index (χ3n) is 2.10. The molecule has 0 saturated heterocycles. The minimum Gasteiger partial charge on any atom is -0.294 e. The minimum atomic E-state index is -0.0886. The van der Waals surface area contributed by atoms with E-state index in [1.165, 1.54) is 7.11 Å². The summed E-state index contributed by atoms with van der Waals surface area (Å²) in [4.78, 5) is 20.9. The molecule has 0 unspecified atom stereocenters. The molecule has 1 aromatic carbocycles. The fourth-order valence-electron chi connectivity index (χ4n) is 1.26. The lowest BCUT2D eigenvalue weighted by Gasteiger charge is -2.09. The molecule has 0 atom stereocenters. The first kappa shape index (κ1) is 13.5. The Labute approximate surface area is 104 Å². The summed E-state index contributed by atoms with van der Waals surface area (Å²) in [5.41, 5.74) is 1.02. The van der Waals surface area contributed by atoms with Crippen LogP contribution in [0.5, 0.6) is 0 Å². The summed E-state index contributed by atoms with van der Waals surface area (Å²) in [7, 11) is 1.40. The molecule has 0 N–H and O–H groups in total. The van der Waals surface area contributed by atoms with Gasteiger partial charge in [-0.05, 0) is 6.07 Å². The fraction of sp³-hybridized carbons (Fsp3) is 0.364. The first-order valence-corrected chi connectivity index (χ1v) is 5.53. The van der Waals surface area contributed by atoms with Crippen LogP contribution in [0.25, 0.3) is 0 Å². The lowest BCUT2D eigenvalue weighted by atomic mass is 10.1. The van der Waals surface area contributed by atoms with Crippen molar-refractivity contribution in [1.29, 1.82) is 0 Å². The first-order valence-electron chi connectivity index (χ1n) is 4.77. The van der Waals surface area contributed by atoms with Crippen molar-refractivity contribution in [3.8, 4) is 0 Å². The minimum absolute atomic E-state index is 0.0886. The van der Waals surface area contributed by atoms with Crippen LogP contribution >= 0.6 is 23.2 Å². The standard InChI is InChI=1S/C11H12Cl2O3/c1-3-9(14)10-8(12)5-4-7(11(10)13)6-16-15-2/h4-5H,3,6H2,1-2H3. The van der Waals surface area contributed by atoms with Crippen molar-refractivity contribution < 1.29 is 14.6 Å². The topological polar surface area (TPSA) is 35.5 Å². The molecule has 0 bridgehead atoms. The summed E-state index contributed by atoms with van der Waals surface area (Å²) < 4.78 is 0. The summed E-state index contributed by atoms with van der Waals surface area (Å²) in [6, 6.07) is 3.33. The van der Waals surface area contributed by atoms with Crippen LogP contribution in [0.3, 0.4) is 0 Å². The Morgan fingerprint density at radius 1 is 1.38 bits per heavy atom. The van der Waals surface area contributed by atoms with Crippen LogP contribution < -0.4 is 0 Å². The van der Waals surface area contributed by atoms with Gasteiger partial charge in [0, 0.05) is 12.0 Å². The van der Waals surface area contributed by atoms with E-state index >= 15 is 0 Å². The molecule has 0 heterocycles. The van der Waals surface area contributed by atoms with Crippen molar-refractivity contribution in [2.45, 2.75) is 20.0 Å². The lowest BCUT2D eigenvalue weighted by Crippen LogP contribution is -2.02. The Hall–Kier alpha value is -0.610. The number of halogens is 2. The molecule has 3 nitrogen and oxygen atoms in total. The van der Waals surface area contributed by atoms with E-state index < -0.39 is 0 Å². The third kappa shape index (κ3) is 2.95. The Kier molecular flexibility index (Phi) is 5.22. The Balaban J connectivity index is 3.11. The zero-order valence-corrected chi connectivity index (χ0v) is 10.6. The number of hydrogen-bond acceptors (Lipinski definition) is 3. The Bertz CT molecular complexity index is 391. The van der Waals surface area contributed by atoms with Gasteiger partial charge in [0.2, 0.25) is 0 Å². The Morgan fingerprint density at radius 3 is 2.62 bits per heavy atom. The quantitative estimate of drug-likeness (QED) is 0.462. The average Bonchev–Trinajstić information content (AvgIpc) is 2.28. The highest BCUT2D eigenvalue weighted by molar-refractivity contribution is 6.40. The van der Waals surface area contributed by atoms with Crippen molar-refractivity contribution in [1.82, 2.24) is 0 Å². The van der Waals surface area contributed by atoms with Crippen LogP contribution in [-0.4, -0.2) is 12.9 Å².